The van der Waals surface area contributed by atoms with E-state index in [1.807, 2.05) is 32.0 Å². The summed E-state index contributed by atoms with van der Waals surface area (Å²) < 4.78 is 21.0. The van der Waals surface area contributed by atoms with Gasteiger partial charge in [-0.1, -0.05) is 12.1 Å². The number of carbonyl (C=O) groups is 2. The third kappa shape index (κ3) is 6.41. The number of aryl methyl sites for hydroxylation is 2. The van der Waals surface area contributed by atoms with Crippen LogP contribution < -0.4 is 19.5 Å². The van der Waals surface area contributed by atoms with Crippen LogP contribution in [0, 0.1) is 13.8 Å². The Hall–Kier alpha value is -3.22. The van der Waals surface area contributed by atoms with Crippen LogP contribution in [-0.2, 0) is 14.3 Å². The highest BCUT2D eigenvalue weighted by atomic mass is 16.6. The highest BCUT2D eigenvalue weighted by Gasteiger charge is 2.16. The van der Waals surface area contributed by atoms with Crippen molar-refractivity contribution in [2.45, 2.75) is 26.8 Å². The molecule has 0 aliphatic rings. The number of hydrogen-bond acceptors (Lipinski definition) is 6. The van der Waals surface area contributed by atoms with Crippen molar-refractivity contribution in [3.05, 3.63) is 53.1 Å². The summed E-state index contributed by atoms with van der Waals surface area (Å²) in [6, 6.07) is 10.7. The smallest absolute Gasteiger partial charge is 0.344 e. The van der Waals surface area contributed by atoms with Gasteiger partial charge in [0.15, 0.2) is 13.2 Å². The molecule has 2 rings (SSSR count). The van der Waals surface area contributed by atoms with E-state index < -0.39 is 18.5 Å². The first-order valence-corrected chi connectivity index (χ1v) is 9.21. The Morgan fingerprint density at radius 3 is 2.41 bits per heavy atom. The van der Waals surface area contributed by atoms with Gasteiger partial charge in [0.05, 0.1) is 20.3 Å². The number of amides is 1. The zero-order chi connectivity index (χ0) is 21.4. The third-order valence-electron chi connectivity index (χ3n) is 4.33. The molecule has 0 fully saturated rings. The van der Waals surface area contributed by atoms with Crippen LogP contribution in [0.15, 0.2) is 36.4 Å². The monoisotopic (exact) mass is 401 g/mol. The molecule has 156 valence electrons. The fraction of sp³-hybridized carbons (Fsp3) is 0.364. The van der Waals surface area contributed by atoms with Gasteiger partial charge in [0.1, 0.15) is 17.2 Å². The molecule has 29 heavy (non-hydrogen) atoms. The highest BCUT2D eigenvalue weighted by molar-refractivity contribution is 5.81. The molecule has 7 heteroatoms. The third-order valence-corrected chi connectivity index (χ3v) is 4.33. The Kier molecular flexibility index (Phi) is 7.88. The molecule has 1 atom stereocenters. The Morgan fingerprint density at radius 2 is 1.72 bits per heavy atom. The summed E-state index contributed by atoms with van der Waals surface area (Å²) in [7, 11) is 3.12. The number of carbonyl (C=O) groups excluding carboxylic acids is 2. The van der Waals surface area contributed by atoms with Crippen LogP contribution in [0.25, 0.3) is 0 Å². The second-order valence-corrected chi connectivity index (χ2v) is 6.62. The molecule has 0 aliphatic carbocycles. The summed E-state index contributed by atoms with van der Waals surface area (Å²) in [6.07, 6.45) is 0. The van der Waals surface area contributed by atoms with Crippen molar-refractivity contribution in [1.29, 1.82) is 0 Å². The lowest BCUT2D eigenvalue weighted by Crippen LogP contribution is -2.32. The Morgan fingerprint density at radius 1 is 0.966 bits per heavy atom. The summed E-state index contributed by atoms with van der Waals surface area (Å²) in [6.45, 7) is 4.97. The molecule has 2 aromatic carbocycles. The van der Waals surface area contributed by atoms with Gasteiger partial charge in [-0.15, -0.1) is 0 Å². The van der Waals surface area contributed by atoms with Gasteiger partial charge in [-0.2, -0.15) is 0 Å². The van der Waals surface area contributed by atoms with E-state index in [-0.39, 0.29) is 12.6 Å². The van der Waals surface area contributed by atoms with E-state index >= 15 is 0 Å². The molecule has 0 radical (unpaired) electrons. The van der Waals surface area contributed by atoms with Crippen LogP contribution in [0.5, 0.6) is 17.2 Å². The number of esters is 1. The van der Waals surface area contributed by atoms with Crippen molar-refractivity contribution >= 4 is 11.9 Å². The molecule has 0 heterocycles. The Bertz CT molecular complexity index is 864. The summed E-state index contributed by atoms with van der Waals surface area (Å²) in [4.78, 5) is 24.1. The van der Waals surface area contributed by atoms with Crippen molar-refractivity contribution in [1.82, 2.24) is 5.32 Å². The zero-order valence-corrected chi connectivity index (χ0v) is 17.4. The Labute approximate surface area is 170 Å². The van der Waals surface area contributed by atoms with Gasteiger partial charge in [-0.05, 0) is 56.2 Å². The first kappa shape index (κ1) is 22.1. The maximum Gasteiger partial charge on any atom is 0.344 e. The SMILES string of the molecule is COc1ccc(OC)c(C(C)NC(=O)COC(=O)COc2cc(C)ccc2C)c1. The second kappa shape index (κ2) is 10.4. The van der Waals surface area contributed by atoms with Crippen molar-refractivity contribution in [2.75, 3.05) is 27.4 Å². The highest BCUT2D eigenvalue weighted by Crippen LogP contribution is 2.29. The molecule has 2 aromatic rings. The van der Waals surface area contributed by atoms with Gasteiger partial charge < -0.3 is 24.3 Å². The van der Waals surface area contributed by atoms with Crippen LogP contribution in [0.3, 0.4) is 0 Å². The standard InChI is InChI=1S/C22H27NO6/c1-14-6-7-15(2)20(10-14)28-13-22(25)29-12-21(24)23-16(3)18-11-17(26-4)8-9-19(18)27-5/h6-11,16H,12-13H2,1-5H3,(H,23,24). The molecule has 0 saturated carbocycles. The molecule has 0 spiro atoms. The largest absolute Gasteiger partial charge is 0.497 e. The second-order valence-electron chi connectivity index (χ2n) is 6.62. The molecule has 0 bridgehead atoms. The fourth-order valence-electron chi connectivity index (χ4n) is 2.73. The fourth-order valence-corrected chi connectivity index (χ4v) is 2.73. The minimum absolute atomic E-state index is 0.267. The maximum absolute atomic E-state index is 12.2. The predicted molar refractivity (Wildman–Crippen MR) is 108 cm³/mol. The average molecular weight is 401 g/mol. The van der Waals surface area contributed by atoms with E-state index in [2.05, 4.69) is 5.32 Å². The van der Waals surface area contributed by atoms with Gasteiger partial charge in [-0.25, -0.2) is 4.79 Å². The number of nitrogens with one attached hydrogen (secondary N) is 1. The molecule has 0 aliphatic heterocycles. The molecular formula is C22H27NO6. The van der Waals surface area contributed by atoms with E-state index in [9.17, 15) is 9.59 Å². The number of ether oxygens (including phenoxy) is 4. The molecular weight excluding hydrogens is 374 g/mol. The van der Waals surface area contributed by atoms with E-state index in [0.29, 0.717) is 17.2 Å². The van der Waals surface area contributed by atoms with Crippen LogP contribution >= 0.6 is 0 Å². The number of rotatable bonds is 9. The van der Waals surface area contributed by atoms with E-state index in [1.54, 1.807) is 39.3 Å². The lowest BCUT2D eigenvalue weighted by molar-refractivity contribution is -0.150. The van der Waals surface area contributed by atoms with Gasteiger partial charge >= 0.3 is 5.97 Å². The van der Waals surface area contributed by atoms with Crippen LogP contribution in [0.1, 0.15) is 29.7 Å². The molecule has 7 nitrogen and oxygen atoms in total. The van der Waals surface area contributed by atoms with Gasteiger partial charge in [-0.3, -0.25) is 4.79 Å². The van der Waals surface area contributed by atoms with Crippen molar-refractivity contribution in [2.24, 2.45) is 0 Å². The lowest BCUT2D eigenvalue weighted by atomic mass is 10.1. The summed E-state index contributed by atoms with van der Waals surface area (Å²) in [5.41, 5.74) is 2.70. The first-order valence-electron chi connectivity index (χ1n) is 9.21. The molecule has 1 N–H and O–H groups in total. The maximum atomic E-state index is 12.2. The van der Waals surface area contributed by atoms with Crippen LogP contribution in [0.2, 0.25) is 0 Å². The minimum atomic E-state index is -0.618. The van der Waals surface area contributed by atoms with Crippen LogP contribution in [0.4, 0.5) is 0 Å². The van der Waals surface area contributed by atoms with E-state index in [4.69, 9.17) is 18.9 Å². The van der Waals surface area contributed by atoms with Gasteiger partial charge in [0.25, 0.3) is 5.91 Å². The van der Waals surface area contributed by atoms with Gasteiger partial charge in [0.2, 0.25) is 0 Å². The van der Waals surface area contributed by atoms with E-state index in [1.165, 1.54) is 0 Å². The first-order chi connectivity index (χ1) is 13.8. The molecule has 0 aromatic heterocycles. The van der Waals surface area contributed by atoms with Crippen molar-refractivity contribution in [3.63, 3.8) is 0 Å². The molecule has 1 unspecified atom stereocenters. The van der Waals surface area contributed by atoms with Crippen molar-refractivity contribution < 1.29 is 28.5 Å². The van der Waals surface area contributed by atoms with Gasteiger partial charge in [0, 0.05) is 5.56 Å². The summed E-state index contributed by atoms with van der Waals surface area (Å²) in [5.74, 6) is 0.842. The number of benzene rings is 2. The Balaban J connectivity index is 1.84. The minimum Gasteiger partial charge on any atom is -0.497 e. The topological polar surface area (TPSA) is 83.1 Å². The average Bonchev–Trinajstić information content (AvgIpc) is 2.72. The van der Waals surface area contributed by atoms with Crippen LogP contribution in [-0.4, -0.2) is 39.3 Å². The quantitative estimate of drug-likeness (QED) is 0.650. The van der Waals surface area contributed by atoms with Crippen molar-refractivity contribution in [3.8, 4) is 17.2 Å². The summed E-state index contributed by atoms with van der Waals surface area (Å²) in [5, 5.41) is 2.78. The molecule has 0 saturated heterocycles. The number of hydrogen-bond donors (Lipinski definition) is 1. The molecule has 1 amide bonds. The zero-order valence-electron chi connectivity index (χ0n) is 17.4. The predicted octanol–water partition coefficient (Wildman–Crippen LogP) is 3.12. The van der Waals surface area contributed by atoms with E-state index in [0.717, 1.165) is 16.7 Å². The number of methoxy groups -OCH3 is 2. The summed E-state index contributed by atoms with van der Waals surface area (Å²) >= 11 is 0. The lowest BCUT2D eigenvalue weighted by Gasteiger charge is -2.18. The normalized spacial score (nSPS) is 11.3.